The monoisotopic (exact) mass is 257 g/mol. The van der Waals surface area contributed by atoms with Gasteiger partial charge in [0.05, 0.1) is 24.7 Å². The summed E-state index contributed by atoms with van der Waals surface area (Å²) in [7, 11) is 0. The van der Waals surface area contributed by atoms with E-state index in [4.69, 9.17) is 4.74 Å². The fourth-order valence-corrected chi connectivity index (χ4v) is 2.65. The van der Waals surface area contributed by atoms with Crippen LogP contribution in [0.3, 0.4) is 0 Å². The van der Waals surface area contributed by atoms with Gasteiger partial charge in [0.2, 0.25) is 0 Å². The van der Waals surface area contributed by atoms with Gasteiger partial charge in [0.25, 0.3) is 0 Å². The number of nitrogens with two attached hydrogens (primary N) is 1. The normalized spacial score (nSPS) is 25.6. The summed E-state index contributed by atoms with van der Waals surface area (Å²) < 4.78 is 5.29. The highest BCUT2D eigenvalue weighted by atomic mass is 16.6. The Balaban J connectivity index is 2.05. The molecule has 3 N–H and O–H groups in total. The van der Waals surface area contributed by atoms with Crippen molar-refractivity contribution in [1.29, 1.82) is 0 Å². The van der Waals surface area contributed by atoms with E-state index in [0.29, 0.717) is 12.2 Å². The molecule has 0 aromatic carbocycles. The van der Waals surface area contributed by atoms with Gasteiger partial charge in [-0.2, -0.15) is 0 Å². The second-order valence-corrected chi connectivity index (χ2v) is 5.07. The minimum absolute atomic E-state index is 0.167. The molecule has 6 heteroatoms. The maximum absolute atomic E-state index is 11.3. The van der Waals surface area contributed by atoms with E-state index in [2.05, 4.69) is 5.32 Å². The lowest BCUT2D eigenvalue weighted by atomic mass is 10.1. The molecule has 2 rings (SSSR count). The Kier molecular flexibility index (Phi) is 5.10. The number of morpholine rings is 1. The van der Waals surface area contributed by atoms with Gasteiger partial charge in [0.1, 0.15) is 13.1 Å². The van der Waals surface area contributed by atoms with Gasteiger partial charge in [-0.15, -0.1) is 0 Å². The molecule has 0 amide bonds. The quantitative estimate of drug-likeness (QED) is 0.479. The van der Waals surface area contributed by atoms with Crippen LogP contribution in [0.5, 0.6) is 0 Å². The van der Waals surface area contributed by atoms with E-state index in [1.54, 1.807) is 0 Å². The third-order valence-electron chi connectivity index (χ3n) is 3.75. The summed E-state index contributed by atoms with van der Waals surface area (Å²) in [5.74, 6) is 0. The van der Waals surface area contributed by atoms with E-state index in [0.717, 1.165) is 51.4 Å². The first kappa shape index (κ1) is 13.5. The lowest BCUT2D eigenvalue weighted by Crippen LogP contribution is -3.14. The van der Waals surface area contributed by atoms with Crippen LogP contribution in [0.4, 0.5) is 0 Å². The smallest absolute Gasteiger partial charge is 0.355 e. The van der Waals surface area contributed by atoms with E-state index in [-0.39, 0.29) is 4.92 Å². The molecule has 0 atom stereocenters. The minimum atomic E-state index is -0.167. The Bertz CT molecular complexity index is 315. The van der Waals surface area contributed by atoms with Crippen LogP contribution in [0.15, 0.2) is 11.4 Å². The van der Waals surface area contributed by atoms with Crippen molar-refractivity contribution in [3.63, 3.8) is 0 Å². The zero-order valence-electron chi connectivity index (χ0n) is 10.8. The van der Waals surface area contributed by atoms with Gasteiger partial charge < -0.3 is 15.0 Å². The summed E-state index contributed by atoms with van der Waals surface area (Å²) in [6.45, 7) is 4.74. The number of nitro groups is 1. The molecular formula is C12H23N3O3+2. The third kappa shape index (κ3) is 3.76. The van der Waals surface area contributed by atoms with Crippen molar-refractivity contribution < 1.29 is 19.9 Å². The number of ether oxygens (including phenoxy) is 1. The highest BCUT2D eigenvalue weighted by Crippen LogP contribution is 2.10. The highest BCUT2D eigenvalue weighted by molar-refractivity contribution is 4.99. The fourth-order valence-electron chi connectivity index (χ4n) is 2.65. The molecule has 0 spiro atoms. The highest BCUT2D eigenvalue weighted by Gasteiger charge is 2.29. The minimum Gasteiger partial charge on any atom is -0.370 e. The van der Waals surface area contributed by atoms with Crippen molar-refractivity contribution in [2.75, 3.05) is 39.4 Å². The maximum atomic E-state index is 11.3. The first-order valence-electron chi connectivity index (χ1n) is 6.88. The fraction of sp³-hybridized carbons (Fsp3) is 0.833. The van der Waals surface area contributed by atoms with Gasteiger partial charge in [-0.3, -0.25) is 10.1 Å². The van der Waals surface area contributed by atoms with Crippen LogP contribution in [0.2, 0.25) is 0 Å². The van der Waals surface area contributed by atoms with E-state index in [1.807, 2.05) is 0 Å². The molecule has 2 aliphatic rings. The van der Waals surface area contributed by atoms with Crippen molar-refractivity contribution >= 4 is 0 Å². The second kappa shape index (κ2) is 6.82. The summed E-state index contributed by atoms with van der Waals surface area (Å²) in [5, 5.41) is 13.4. The molecule has 0 aromatic heterocycles. The first-order valence-corrected chi connectivity index (χ1v) is 6.88. The molecule has 0 aromatic rings. The molecular weight excluding hydrogens is 234 g/mol. The molecule has 2 aliphatic heterocycles. The maximum Gasteiger partial charge on any atom is 0.355 e. The number of hydrogen-bond donors (Lipinski definition) is 2. The number of nitrogens with zero attached hydrogens (tertiary/aromatic N) is 1. The second-order valence-electron chi connectivity index (χ2n) is 5.07. The number of hydrogen-bond acceptors (Lipinski definition) is 3. The van der Waals surface area contributed by atoms with Gasteiger partial charge in [0.15, 0.2) is 12.2 Å². The standard InChI is InChI=1S/C12H21N3O3/c16-15(17)12(10-14-6-8-18-9-7-14)11-4-2-1-3-5-13-11/h13H,1-10H2/p+2/b12-11+. The third-order valence-corrected chi connectivity index (χ3v) is 3.75. The Morgan fingerprint density at radius 3 is 2.83 bits per heavy atom. The van der Waals surface area contributed by atoms with Gasteiger partial charge in [-0.25, -0.2) is 0 Å². The summed E-state index contributed by atoms with van der Waals surface area (Å²) in [5.41, 5.74) is 1.42. The van der Waals surface area contributed by atoms with Crippen molar-refractivity contribution in [3.8, 4) is 0 Å². The molecule has 0 bridgehead atoms. The largest absolute Gasteiger partial charge is 0.370 e. The topological polar surface area (TPSA) is 73.4 Å². The van der Waals surface area contributed by atoms with E-state index in [1.165, 1.54) is 17.7 Å². The average molecular weight is 257 g/mol. The summed E-state index contributed by atoms with van der Waals surface area (Å²) in [4.78, 5) is 12.4. The van der Waals surface area contributed by atoms with Crippen LogP contribution in [0.1, 0.15) is 25.7 Å². The molecule has 18 heavy (non-hydrogen) atoms. The van der Waals surface area contributed by atoms with Crippen LogP contribution >= 0.6 is 0 Å². The van der Waals surface area contributed by atoms with Gasteiger partial charge in [0, 0.05) is 6.42 Å². The van der Waals surface area contributed by atoms with Crippen molar-refractivity contribution in [2.45, 2.75) is 25.7 Å². The van der Waals surface area contributed by atoms with Gasteiger partial charge in [-0.05, 0) is 19.3 Å². The van der Waals surface area contributed by atoms with Gasteiger partial charge in [-0.1, -0.05) is 0 Å². The summed E-state index contributed by atoms with van der Waals surface area (Å²) in [6, 6.07) is 0. The van der Waals surface area contributed by atoms with Crippen LogP contribution in [-0.2, 0) is 4.74 Å². The zero-order valence-corrected chi connectivity index (χ0v) is 10.8. The lowest BCUT2D eigenvalue weighted by Gasteiger charge is -2.22. The Hall–Kier alpha value is -0.980. The molecule has 0 aliphatic carbocycles. The van der Waals surface area contributed by atoms with Gasteiger partial charge >= 0.3 is 5.70 Å². The Labute approximate surface area is 107 Å². The van der Waals surface area contributed by atoms with E-state index < -0.39 is 0 Å². The number of rotatable bonds is 3. The predicted octanol–water partition coefficient (Wildman–Crippen LogP) is -1.47. The van der Waals surface area contributed by atoms with Crippen molar-refractivity contribution in [1.82, 2.24) is 0 Å². The average Bonchev–Trinajstić information content (AvgIpc) is 2.65. The molecule has 102 valence electrons. The molecule has 6 nitrogen and oxygen atoms in total. The van der Waals surface area contributed by atoms with E-state index >= 15 is 0 Å². The Morgan fingerprint density at radius 2 is 2.11 bits per heavy atom. The van der Waals surface area contributed by atoms with Crippen LogP contribution in [-0.4, -0.2) is 44.3 Å². The molecule has 2 saturated heterocycles. The first-order chi connectivity index (χ1) is 8.77. The van der Waals surface area contributed by atoms with Crippen molar-refractivity contribution in [2.24, 2.45) is 0 Å². The van der Waals surface area contributed by atoms with Crippen molar-refractivity contribution in [3.05, 3.63) is 21.5 Å². The van der Waals surface area contributed by atoms with Crippen LogP contribution in [0.25, 0.3) is 0 Å². The lowest BCUT2D eigenvalue weighted by molar-refractivity contribution is -0.908. The zero-order chi connectivity index (χ0) is 12.8. The number of nitrogens with one attached hydrogen (secondary N) is 1. The Morgan fingerprint density at radius 1 is 1.33 bits per heavy atom. The molecule has 2 fully saturated rings. The molecule has 0 unspecified atom stereocenters. The molecule has 2 heterocycles. The van der Waals surface area contributed by atoms with Crippen LogP contribution in [0, 0.1) is 10.1 Å². The number of quaternary nitrogens is 2. The summed E-state index contributed by atoms with van der Waals surface area (Å²) >= 11 is 0. The molecule has 0 saturated carbocycles. The predicted molar refractivity (Wildman–Crippen MR) is 65.7 cm³/mol. The van der Waals surface area contributed by atoms with E-state index in [9.17, 15) is 10.1 Å². The number of allylic oxidation sites excluding steroid dienone is 1. The molecule has 0 radical (unpaired) electrons. The SMILES string of the molecule is O=[N+]([O-])/C(C[NH+]1CCOCC1)=C1\CCCCC[NH2+]1. The van der Waals surface area contributed by atoms with Crippen LogP contribution < -0.4 is 10.2 Å². The summed E-state index contributed by atoms with van der Waals surface area (Å²) in [6.07, 6.45) is 4.32.